The standard InChI is InChI=1S/C16H13Cl3N2O4/c17-11-5-13(19)14(6-12(11)18)25-8-16(23)21-9-1-3-10(4-2-9)24-7-15(20)22/h1-6H,7-8H2,(H2,20,22)(H,21,23). The topological polar surface area (TPSA) is 90.7 Å². The molecular weight excluding hydrogens is 391 g/mol. The van der Waals surface area contributed by atoms with Gasteiger partial charge in [-0.15, -0.1) is 0 Å². The number of nitrogens with one attached hydrogen (secondary N) is 1. The second-order valence-corrected chi connectivity index (χ2v) is 6.03. The van der Waals surface area contributed by atoms with Gasteiger partial charge in [-0.25, -0.2) is 0 Å². The highest BCUT2D eigenvalue weighted by Gasteiger charge is 2.10. The molecule has 0 aliphatic rings. The van der Waals surface area contributed by atoms with E-state index in [9.17, 15) is 9.59 Å². The number of amides is 2. The van der Waals surface area contributed by atoms with Crippen molar-refractivity contribution in [3.63, 3.8) is 0 Å². The zero-order valence-electron chi connectivity index (χ0n) is 12.7. The first-order valence-corrected chi connectivity index (χ1v) is 8.07. The van der Waals surface area contributed by atoms with E-state index < -0.39 is 11.8 Å². The number of carbonyl (C=O) groups is 2. The Labute approximate surface area is 158 Å². The van der Waals surface area contributed by atoms with Crippen molar-refractivity contribution >= 4 is 52.3 Å². The van der Waals surface area contributed by atoms with Crippen molar-refractivity contribution in [1.82, 2.24) is 0 Å². The summed E-state index contributed by atoms with van der Waals surface area (Å²) in [6, 6.07) is 9.28. The fourth-order valence-electron chi connectivity index (χ4n) is 1.74. The minimum absolute atomic E-state index is 0.218. The van der Waals surface area contributed by atoms with E-state index in [0.29, 0.717) is 16.5 Å². The molecule has 0 spiro atoms. The molecule has 3 N–H and O–H groups in total. The van der Waals surface area contributed by atoms with E-state index in [1.54, 1.807) is 24.3 Å². The van der Waals surface area contributed by atoms with Crippen LogP contribution in [-0.4, -0.2) is 25.0 Å². The molecule has 9 heteroatoms. The summed E-state index contributed by atoms with van der Waals surface area (Å²) in [6.45, 7) is -0.485. The van der Waals surface area contributed by atoms with Crippen molar-refractivity contribution in [2.24, 2.45) is 5.73 Å². The largest absolute Gasteiger partial charge is 0.484 e. The van der Waals surface area contributed by atoms with E-state index in [4.69, 9.17) is 50.0 Å². The molecule has 2 aromatic carbocycles. The van der Waals surface area contributed by atoms with Gasteiger partial charge >= 0.3 is 0 Å². The molecule has 25 heavy (non-hydrogen) atoms. The third kappa shape index (κ3) is 6.01. The quantitative estimate of drug-likeness (QED) is 0.692. The summed E-state index contributed by atoms with van der Waals surface area (Å²) in [5.74, 6) is -0.263. The molecule has 2 aromatic rings. The van der Waals surface area contributed by atoms with Gasteiger partial charge in [-0.3, -0.25) is 9.59 Å². The number of primary amides is 1. The summed E-state index contributed by atoms with van der Waals surface area (Å²) in [6.07, 6.45) is 0. The molecule has 0 aliphatic heterocycles. The number of benzene rings is 2. The molecule has 0 aliphatic carbocycles. The molecule has 0 saturated carbocycles. The van der Waals surface area contributed by atoms with Crippen LogP contribution in [-0.2, 0) is 9.59 Å². The van der Waals surface area contributed by atoms with Crippen molar-refractivity contribution in [2.75, 3.05) is 18.5 Å². The third-order valence-electron chi connectivity index (χ3n) is 2.85. The van der Waals surface area contributed by atoms with Crippen molar-refractivity contribution in [1.29, 1.82) is 0 Å². The zero-order chi connectivity index (χ0) is 18.4. The number of halogens is 3. The Morgan fingerprint density at radius 3 is 2.20 bits per heavy atom. The van der Waals surface area contributed by atoms with Crippen LogP contribution in [0.3, 0.4) is 0 Å². The maximum Gasteiger partial charge on any atom is 0.262 e. The number of hydrogen-bond acceptors (Lipinski definition) is 4. The number of ether oxygens (including phenoxy) is 2. The van der Waals surface area contributed by atoms with Gasteiger partial charge in [0.2, 0.25) is 0 Å². The maximum atomic E-state index is 11.9. The number of anilines is 1. The Kier molecular flexibility index (Phi) is 6.75. The Bertz CT molecular complexity index is 782. The van der Waals surface area contributed by atoms with E-state index in [0.717, 1.165) is 0 Å². The minimum atomic E-state index is -0.574. The van der Waals surface area contributed by atoms with Crippen molar-refractivity contribution in [2.45, 2.75) is 0 Å². The average Bonchev–Trinajstić information content (AvgIpc) is 2.56. The predicted molar refractivity (Wildman–Crippen MR) is 96.7 cm³/mol. The van der Waals surface area contributed by atoms with Crippen LogP contribution in [0.5, 0.6) is 11.5 Å². The van der Waals surface area contributed by atoms with Gasteiger partial charge in [0.05, 0.1) is 15.1 Å². The van der Waals surface area contributed by atoms with Gasteiger partial charge in [0.15, 0.2) is 13.2 Å². The van der Waals surface area contributed by atoms with Gasteiger partial charge in [-0.2, -0.15) is 0 Å². The summed E-state index contributed by atoms with van der Waals surface area (Å²) in [5.41, 5.74) is 5.51. The van der Waals surface area contributed by atoms with Gasteiger partial charge in [0, 0.05) is 11.8 Å². The van der Waals surface area contributed by atoms with E-state index in [1.807, 2.05) is 0 Å². The molecule has 2 amide bonds. The van der Waals surface area contributed by atoms with Gasteiger partial charge < -0.3 is 20.5 Å². The number of hydrogen-bond donors (Lipinski definition) is 2. The monoisotopic (exact) mass is 402 g/mol. The molecule has 0 saturated heterocycles. The molecule has 0 aromatic heterocycles. The van der Waals surface area contributed by atoms with E-state index in [2.05, 4.69) is 5.32 Å². The fraction of sp³-hybridized carbons (Fsp3) is 0.125. The zero-order valence-corrected chi connectivity index (χ0v) is 15.0. The molecule has 2 rings (SSSR count). The van der Waals surface area contributed by atoms with E-state index in [-0.39, 0.29) is 29.0 Å². The molecule has 0 unspecified atom stereocenters. The first kappa shape index (κ1) is 19.2. The summed E-state index contributed by atoms with van der Waals surface area (Å²) in [7, 11) is 0. The van der Waals surface area contributed by atoms with Crippen LogP contribution in [0.4, 0.5) is 5.69 Å². The minimum Gasteiger partial charge on any atom is -0.484 e. The Balaban J connectivity index is 1.88. The smallest absolute Gasteiger partial charge is 0.262 e. The van der Waals surface area contributed by atoms with Crippen LogP contribution >= 0.6 is 34.8 Å². The van der Waals surface area contributed by atoms with Crippen LogP contribution in [0.15, 0.2) is 36.4 Å². The van der Waals surface area contributed by atoms with E-state index in [1.165, 1.54) is 12.1 Å². The highest BCUT2D eigenvalue weighted by molar-refractivity contribution is 6.43. The Morgan fingerprint density at radius 1 is 0.920 bits per heavy atom. The van der Waals surface area contributed by atoms with Gasteiger partial charge in [-0.1, -0.05) is 34.8 Å². The van der Waals surface area contributed by atoms with Crippen LogP contribution in [0.25, 0.3) is 0 Å². The molecular formula is C16H13Cl3N2O4. The lowest BCUT2D eigenvalue weighted by Gasteiger charge is -2.10. The molecule has 0 radical (unpaired) electrons. The lowest BCUT2D eigenvalue weighted by atomic mass is 10.3. The molecule has 6 nitrogen and oxygen atoms in total. The van der Waals surface area contributed by atoms with Gasteiger partial charge in [0.1, 0.15) is 11.5 Å². The maximum absolute atomic E-state index is 11.9. The third-order valence-corrected chi connectivity index (χ3v) is 3.87. The summed E-state index contributed by atoms with van der Waals surface area (Å²) >= 11 is 17.7. The molecule has 0 bridgehead atoms. The Hall–Kier alpha value is -2.15. The molecule has 132 valence electrons. The van der Waals surface area contributed by atoms with Gasteiger partial charge in [0.25, 0.3) is 11.8 Å². The van der Waals surface area contributed by atoms with Crippen LogP contribution < -0.4 is 20.5 Å². The Morgan fingerprint density at radius 2 is 1.56 bits per heavy atom. The van der Waals surface area contributed by atoms with Gasteiger partial charge in [-0.05, 0) is 30.3 Å². The van der Waals surface area contributed by atoms with Crippen molar-refractivity contribution in [3.8, 4) is 11.5 Å². The summed E-state index contributed by atoms with van der Waals surface area (Å²) < 4.78 is 10.4. The predicted octanol–water partition coefficient (Wildman–Crippen LogP) is 3.53. The second-order valence-electron chi connectivity index (χ2n) is 4.81. The highest BCUT2D eigenvalue weighted by Crippen LogP contribution is 2.33. The first-order valence-electron chi connectivity index (χ1n) is 6.93. The highest BCUT2D eigenvalue weighted by atomic mass is 35.5. The van der Waals surface area contributed by atoms with Crippen LogP contribution in [0.1, 0.15) is 0 Å². The fourth-order valence-corrected chi connectivity index (χ4v) is 2.34. The number of nitrogens with two attached hydrogens (primary N) is 1. The first-order chi connectivity index (χ1) is 11.8. The average molecular weight is 404 g/mol. The summed E-state index contributed by atoms with van der Waals surface area (Å²) in [4.78, 5) is 22.6. The van der Waals surface area contributed by atoms with Crippen molar-refractivity contribution in [3.05, 3.63) is 51.5 Å². The number of carbonyl (C=O) groups excluding carboxylic acids is 2. The SMILES string of the molecule is NC(=O)COc1ccc(NC(=O)COc2cc(Cl)c(Cl)cc2Cl)cc1. The van der Waals surface area contributed by atoms with Crippen LogP contribution in [0, 0.1) is 0 Å². The number of rotatable bonds is 7. The normalized spacial score (nSPS) is 10.2. The molecule has 0 atom stereocenters. The molecule has 0 fully saturated rings. The van der Waals surface area contributed by atoms with Crippen LogP contribution in [0.2, 0.25) is 15.1 Å². The lowest BCUT2D eigenvalue weighted by Crippen LogP contribution is -2.20. The van der Waals surface area contributed by atoms with Crippen molar-refractivity contribution < 1.29 is 19.1 Å². The second kappa shape index (κ2) is 8.80. The molecule has 0 heterocycles. The summed E-state index contributed by atoms with van der Waals surface area (Å²) in [5, 5.41) is 3.45. The lowest BCUT2D eigenvalue weighted by molar-refractivity contribution is -0.120. The van der Waals surface area contributed by atoms with E-state index >= 15 is 0 Å².